The molecule has 0 spiro atoms. The van der Waals surface area contributed by atoms with Gasteiger partial charge in [0.15, 0.2) is 0 Å². The van der Waals surface area contributed by atoms with Crippen molar-refractivity contribution in [1.82, 2.24) is 15.2 Å². The van der Waals surface area contributed by atoms with Gasteiger partial charge in [-0.2, -0.15) is 0 Å². The summed E-state index contributed by atoms with van der Waals surface area (Å²) in [6, 6.07) is 7.95. The molecule has 1 aromatic carbocycles. The molecule has 0 saturated carbocycles. The fourth-order valence-electron chi connectivity index (χ4n) is 2.40. The summed E-state index contributed by atoms with van der Waals surface area (Å²) in [4.78, 5) is 19.3. The Hall–Kier alpha value is -2.12. The molecule has 0 bridgehead atoms. The van der Waals surface area contributed by atoms with E-state index in [0.29, 0.717) is 0 Å². The lowest BCUT2D eigenvalue weighted by molar-refractivity contribution is 0.132. The number of nitrogens with zero attached hydrogens (tertiary/aromatic N) is 2. The second-order valence-electron chi connectivity index (χ2n) is 7.97. The number of nitrogens with one attached hydrogen (secondary N) is 1. The molecule has 1 heterocycles. The van der Waals surface area contributed by atoms with Gasteiger partial charge in [-0.15, -0.1) is 11.3 Å². The van der Waals surface area contributed by atoms with Crippen molar-refractivity contribution in [2.75, 3.05) is 27.2 Å². The normalized spacial score (nSPS) is 11.5. The molecule has 0 aliphatic carbocycles. The molecular weight excluding hydrogens is 374 g/mol. The lowest BCUT2D eigenvalue weighted by Crippen LogP contribution is -2.40. The second kappa shape index (κ2) is 10.4. The summed E-state index contributed by atoms with van der Waals surface area (Å²) in [5.41, 5.74) is 0.710. The number of aromatic nitrogens is 1. The SMILES string of the molecule is CN(C)CCCCOc1ccc(-c2ncc(COC(=O)NC(C)(C)C)s2)cc1. The third-order valence-corrected chi connectivity index (χ3v) is 4.77. The summed E-state index contributed by atoms with van der Waals surface area (Å²) in [6.45, 7) is 7.76. The standard InChI is InChI=1S/C21H31N3O3S/c1-21(2,3)23-20(25)27-15-18-14-22-19(28-18)16-8-10-17(11-9-16)26-13-7-6-12-24(4)5/h8-11,14H,6-7,12-13,15H2,1-5H3,(H,23,25). The number of carbonyl (C=O) groups is 1. The van der Waals surface area contributed by atoms with Crippen molar-refractivity contribution in [2.45, 2.75) is 45.8 Å². The maximum Gasteiger partial charge on any atom is 0.407 e. The Morgan fingerprint density at radius 1 is 1.18 bits per heavy atom. The van der Waals surface area contributed by atoms with E-state index in [1.807, 2.05) is 45.0 Å². The van der Waals surface area contributed by atoms with Crippen LogP contribution in [-0.4, -0.2) is 48.8 Å². The average molecular weight is 406 g/mol. The molecule has 0 radical (unpaired) electrons. The number of hydrogen-bond acceptors (Lipinski definition) is 6. The van der Waals surface area contributed by atoms with Gasteiger partial charge in [0.05, 0.1) is 11.5 Å². The van der Waals surface area contributed by atoms with Crippen molar-refractivity contribution in [3.05, 3.63) is 35.3 Å². The average Bonchev–Trinajstić information content (AvgIpc) is 3.07. The molecule has 7 heteroatoms. The Labute approximate surface area is 171 Å². The third-order valence-electron chi connectivity index (χ3n) is 3.75. The van der Waals surface area contributed by atoms with E-state index < -0.39 is 6.09 Å². The van der Waals surface area contributed by atoms with Crippen LogP contribution in [0.1, 0.15) is 38.5 Å². The quantitative estimate of drug-likeness (QED) is 0.620. The second-order valence-corrected chi connectivity index (χ2v) is 9.08. The summed E-state index contributed by atoms with van der Waals surface area (Å²) in [5, 5.41) is 3.67. The molecule has 0 aliphatic heterocycles. The number of amides is 1. The summed E-state index contributed by atoms with van der Waals surface area (Å²) in [7, 11) is 4.16. The van der Waals surface area contributed by atoms with Crippen molar-refractivity contribution in [2.24, 2.45) is 0 Å². The molecule has 0 unspecified atom stereocenters. The minimum Gasteiger partial charge on any atom is -0.494 e. The molecule has 28 heavy (non-hydrogen) atoms. The van der Waals surface area contributed by atoms with Gasteiger partial charge in [-0.25, -0.2) is 9.78 Å². The van der Waals surface area contributed by atoms with Gasteiger partial charge in [0.2, 0.25) is 0 Å². The molecule has 1 N–H and O–H groups in total. The van der Waals surface area contributed by atoms with E-state index in [1.54, 1.807) is 6.20 Å². The monoisotopic (exact) mass is 405 g/mol. The van der Waals surface area contributed by atoms with Crippen molar-refractivity contribution in [1.29, 1.82) is 0 Å². The van der Waals surface area contributed by atoms with Gasteiger partial charge in [-0.05, 0) is 78.5 Å². The van der Waals surface area contributed by atoms with Gasteiger partial charge in [0, 0.05) is 17.3 Å². The Kier molecular flexibility index (Phi) is 8.26. The number of benzene rings is 1. The third kappa shape index (κ3) is 8.27. The zero-order chi connectivity index (χ0) is 20.6. The highest BCUT2D eigenvalue weighted by molar-refractivity contribution is 7.15. The van der Waals surface area contributed by atoms with E-state index in [1.165, 1.54) is 11.3 Å². The van der Waals surface area contributed by atoms with E-state index in [-0.39, 0.29) is 12.1 Å². The predicted molar refractivity (Wildman–Crippen MR) is 114 cm³/mol. The van der Waals surface area contributed by atoms with Gasteiger partial charge in [0.25, 0.3) is 0 Å². The largest absolute Gasteiger partial charge is 0.494 e. The molecule has 0 aliphatic rings. The number of rotatable bonds is 9. The van der Waals surface area contributed by atoms with Gasteiger partial charge in [-0.3, -0.25) is 0 Å². The van der Waals surface area contributed by atoms with Crippen LogP contribution in [0.3, 0.4) is 0 Å². The molecule has 2 aromatic rings. The first-order chi connectivity index (χ1) is 13.2. The molecule has 154 valence electrons. The summed E-state index contributed by atoms with van der Waals surface area (Å²) in [6.07, 6.45) is 3.50. The predicted octanol–water partition coefficient (Wildman–Crippen LogP) is 4.56. The van der Waals surface area contributed by atoms with Crippen LogP contribution in [0.25, 0.3) is 10.6 Å². The molecule has 0 fully saturated rings. The van der Waals surface area contributed by atoms with Crippen LogP contribution in [0.5, 0.6) is 5.75 Å². The highest BCUT2D eigenvalue weighted by Gasteiger charge is 2.15. The zero-order valence-corrected chi connectivity index (χ0v) is 18.3. The summed E-state index contributed by atoms with van der Waals surface area (Å²) < 4.78 is 11.0. The Bertz CT molecular complexity index is 736. The maximum absolute atomic E-state index is 11.7. The fraction of sp³-hybridized carbons (Fsp3) is 0.524. The molecule has 1 aromatic heterocycles. The molecule has 0 atom stereocenters. The number of carbonyl (C=O) groups excluding carboxylic acids is 1. The molecule has 1 amide bonds. The molecule has 0 saturated heterocycles. The highest BCUT2D eigenvalue weighted by atomic mass is 32.1. The van der Waals surface area contributed by atoms with Crippen molar-refractivity contribution >= 4 is 17.4 Å². The van der Waals surface area contributed by atoms with Crippen LogP contribution < -0.4 is 10.1 Å². The lowest BCUT2D eigenvalue weighted by atomic mass is 10.1. The van der Waals surface area contributed by atoms with Crippen LogP contribution in [0.2, 0.25) is 0 Å². The minimum absolute atomic E-state index is 0.216. The van der Waals surface area contributed by atoms with Gasteiger partial charge in [0.1, 0.15) is 17.4 Å². The first kappa shape index (κ1) is 22.2. The van der Waals surface area contributed by atoms with Crippen LogP contribution >= 0.6 is 11.3 Å². The van der Waals surface area contributed by atoms with E-state index >= 15 is 0 Å². The molecule has 2 rings (SSSR count). The first-order valence-corrected chi connectivity index (χ1v) is 10.3. The lowest BCUT2D eigenvalue weighted by Gasteiger charge is -2.19. The van der Waals surface area contributed by atoms with E-state index in [2.05, 4.69) is 29.3 Å². The van der Waals surface area contributed by atoms with Crippen molar-refractivity contribution < 1.29 is 14.3 Å². The molecular formula is C21H31N3O3S. The number of alkyl carbamates (subject to hydrolysis) is 1. The highest BCUT2D eigenvalue weighted by Crippen LogP contribution is 2.27. The van der Waals surface area contributed by atoms with Crippen LogP contribution in [0, 0.1) is 0 Å². The van der Waals surface area contributed by atoms with Crippen LogP contribution in [0.15, 0.2) is 30.5 Å². The maximum atomic E-state index is 11.7. The summed E-state index contributed by atoms with van der Waals surface area (Å²) >= 11 is 1.52. The number of thiazole rings is 1. The van der Waals surface area contributed by atoms with E-state index in [9.17, 15) is 4.79 Å². The fourth-order valence-corrected chi connectivity index (χ4v) is 3.23. The van der Waals surface area contributed by atoms with Crippen molar-refractivity contribution in [3.63, 3.8) is 0 Å². The Morgan fingerprint density at radius 3 is 2.54 bits per heavy atom. The van der Waals surface area contributed by atoms with E-state index in [4.69, 9.17) is 9.47 Å². The number of unbranched alkanes of at least 4 members (excludes halogenated alkanes) is 1. The van der Waals surface area contributed by atoms with Gasteiger partial charge in [-0.1, -0.05) is 0 Å². The first-order valence-electron chi connectivity index (χ1n) is 9.50. The van der Waals surface area contributed by atoms with Crippen LogP contribution in [0.4, 0.5) is 4.79 Å². The Balaban J connectivity index is 1.80. The topological polar surface area (TPSA) is 63.7 Å². The van der Waals surface area contributed by atoms with E-state index in [0.717, 1.165) is 47.2 Å². The smallest absolute Gasteiger partial charge is 0.407 e. The number of ether oxygens (including phenoxy) is 2. The summed E-state index contributed by atoms with van der Waals surface area (Å²) in [5.74, 6) is 0.868. The number of hydrogen-bond donors (Lipinski definition) is 1. The van der Waals surface area contributed by atoms with Gasteiger partial charge >= 0.3 is 6.09 Å². The van der Waals surface area contributed by atoms with Crippen LogP contribution in [-0.2, 0) is 11.3 Å². The minimum atomic E-state index is -0.422. The molecule has 6 nitrogen and oxygen atoms in total. The van der Waals surface area contributed by atoms with Gasteiger partial charge < -0.3 is 19.7 Å². The Morgan fingerprint density at radius 2 is 1.89 bits per heavy atom. The van der Waals surface area contributed by atoms with Crippen molar-refractivity contribution in [3.8, 4) is 16.3 Å². The zero-order valence-electron chi connectivity index (χ0n) is 17.4.